The van der Waals surface area contributed by atoms with Crippen molar-refractivity contribution in [3.05, 3.63) is 45.0 Å². The van der Waals surface area contributed by atoms with Crippen molar-refractivity contribution in [1.82, 2.24) is 9.88 Å². The van der Waals surface area contributed by atoms with Crippen LogP contribution in [-0.2, 0) is 4.79 Å². The maximum Gasteiger partial charge on any atom is 0.333 e. The minimum absolute atomic E-state index is 0.0862. The Hall–Kier alpha value is -1.73. The summed E-state index contributed by atoms with van der Waals surface area (Å²) in [5, 5.41) is 1.47. The number of halogens is 1. The van der Waals surface area contributed by atoms with Crippen molar-refractivity contribution in [1.29, 1.82) is 0 Å². The lowest BCUT2D eigenvalue weighted by Gasteiger charge is -2.24. The largest absolute Gasteiger partial charge is 0.333 e. The summed E-state index contributed by atoms with van der Waals surface area (Å²) >= 11 is 4.81. The second-order valence-corrected chi connectivity index (χ2v) is 7.59. The number of urea groups is 1. The predicted molar refractivity (Wildman–Crippen MR) is 93.7 cm³/mol. The zero-order valence-electron chi connectivity index (χ0n) is 13.0. The monoisotopic (exact) mass is 393 g/mol. The number of benzene rings is 1. The van der Waals surface area contributed by atoms with Crippen LogP contribution in [0.25, 0.3) is 0 Å². The van der Waals surface area contributed by atoms with E-state index in [1.807, 2.05) is 45.0 Å². The number of aromatic nitrogens is 1. The van der Waals surface area contributed by atoms with Crippen LogP contribution >= 0.6 is 27.3 Å². The van der Waals surface area contributed by atoms with Crippen LogP contribution in [0.1, 0.15) is 29.2 Å². The number of carbonyl (C=O) groups is 2. The molecule has 1 aliphatic heterocycles. The van der Waals surface area contributed by atoms with E-state index in [9.17, 15) is 9.59 Å². The number of thiazole rings is 1. The van der Waals surface area contributed by atoms with Gasteiger partial charge in [-0.2, -0.15) is 0 Å². The molecule has 23 heavy (non-hydrogen) atoms. The number of nitrogens with zero attached hydrogens (tertiary/aromatic N) is 3. The first kappa shape index (κ1) is 16.1. The van der Waals surface area contributed by atoms with Crippen LogP contribution < -0.4 is 4.90 Å². The molecule has 3 rings (SSSR count). The molecule has 1 atom stereocenters. The van der Waals surface area contributed by atoms with Gasteiger partial charge >= 0.3 is 6.03 Å². The highest BCUT2D eigenvalue weighted by Crippen LogP contribution is 2.34. The van der Waals surface area contributed by atoms with Crippen LogP contribution in [0.3, 0.4) is 0 Å². The van der Waals surface area contributed by atoms with Gasteiger partial charge in [-0.3, -0.25) is 4.79 Å². The number of carbonyl (C=O) groups excluding carboxylic acids is 2. The Labute approximate surface area is 147 Å². The fraction of sp³-hybridized carbons (Fsp3) is 0.312. The van der Waals surface area contributed by atoms with Crippen molar-refractivity contribution in [2.45, 2.75) is 26.8 Å². The molecule has 0 aliphatic carbocycles. The van der Waals surface area contributed by atoms with Gasteiger partial charge in [0.1, 0.15) is 11.5 Å². The molecule has 5 nitrogen and oxygen atoms in total. The van der Waals surface area contributed by atoms with Gasteiger partial charge in [0.05, 0.1) is 16.7 Å². The van der Waals surface area contributed by atoms with Crippen LogP contribution in [0.4, 0.5) is 9.80 Å². The Bertz CT molecular complexity index is 789. The zero-order valence-corrected chi connectivity index (χ0v) is 15.4. The Morgan fingerprint density at radius 2 is 2.04 bits per heavy atom. The molecule has 7 heteroatoms. The third-order valence-electron chi connectivity index (χ3n) is 3.87. The smallest absolute Gasteiger partial charge is 0.308 e. The number of rotatable bonds is 3. The van der Waals surface area contributed by atoms with Gasteiger partial charge in [0.25, 0.3) is 5.91 Å². The summed E-state index contributed by atoms with van der Waals surface area (Å²) in [5.74, 6) is -0.205. The minimum Gasteiger partial charge on any atom is -0.308 e. The molecule has 2 aromatic rings. The summed E-state index contributed by atoms with van der Waals surface area (Å²) in [6.45, 7) is 5.71. The van der Waals surface area contributed by atoms with Crippen LogP contribution in [0.5, 0.6) is 0 Å². The van der Waals surface area contributed by atoms with Gasteiger partial charge in [0.15, 0.2) is 0 Å². The van der Waals surface area contributed by atoms with E-state index in [4.69, 9.17) is 0 Å². The molecule has 0 saturated carbocycles. The quantitative estimate of drug-likeness (QED) is 0.738. The van der Waals surface area contributed by atoms with Gasteiger partial charge in [-0.1, -0.05) is 28.1 Å². The summed E-state index contributed by atoms with van der Waals surface area (Å²) < 4.78 is 0.950. The summed E-state index contributed by atoms with van der Waals surface area (Å²) in [7, 11) is 0. The molecule has 1 fully saturated rings. The zero-order chi connectivity index (χ0) is 16.7. The van der Waals surface area contributed by atoms with E-state index >= 15 is 0 Å². The number of aryl methyl sites for hydroxylation is 2. The van der Waals surface area contributed by atoms with E-state index in [0.717, 1.165) is 15.0 Å². The first-order valence-corrected chi connectivity index (χ1v) is 8.82. The summed E-state index contributed by atoms with van der Waals surface area (Å²) in [6, 6.07) is 7.32. The fourth-order valence-electron chi connectivity index (χ4n) is 2.70. The average molecular weight is 394 g/mol. The molecule has 0 spiro atoms. The van der Waals surface area contributed by atoms with E-state index in [2.05, 4.69) is 20.9 Å². The first-order chi connectivity index (χ1) is 10.9. The summed E-state index contributed by atoms with van der Waals surface area (Å²) in [6.07, 6.45) is 0. The molecule has 3 amide bonds. The standard InChI is InChI=1S/C16H16BrN3O2S/c1-9-15(23-11(3)18-9)20-14(21)8-19(16(20)22)10(2)12-5-4-6-13(17)7-12/h4-7,10H,8H2,1-3H3/t10-/m1/s1. The molecule has 1 saturated heterocycles. The predicted octanol–water partition coefficient (Wildman–Crippen LogP) is 4.05. The van der Waals surface area contributed by atoms with Gasteiger partial charge in [0.2, 0.25) is 0 Å². The van der Waals surface area contributed by atoms with Crippen LogP contribution in [-0.4, -0.2) is 28.4 Å². The molecule has 1 aliphatic rings. The number of amides is 3. The second-order valence-electron chi connectivity index (χ2n) is 5.49. The molecule has 0 N–H and O–H groups in total. The SMILES string of the molecule is Cc1nc(C)c(N2C(=O)CN([C@H](C)c3cccc(Br)c3)C2=O)s1. The number of hydrogen-bond acceptors (Lipinski definition) is 4. The maximum absolute atomic E-state index is 12.8. The average Bonchev–Trinajstić information content (AvgIpc) is 2.97. The van der Waals surface area contributed by atoms with E-state index in [1.165, 1.54) is 16.2 Å². The topological polar surface area (TPSA) is 53.5 Å². The highest BCUT2D eigenvalue weighted by molar-refractivity contribution is 9.10. The molecule has 0 unspecified atom stereocenters. The maximum atomic E-state index is 12.8. The normalized spacial score (nSPS) is 16.3. The third kappa shape index (κ3) is 2.90. The lowest BCUT2D eigenvalue weighted by molar-refractivity contribution is -0.116. The van der Waals surface area contributed by atoms with Gasteiger partial charge in [-0.05, 0) is 38.5 Å². The molecule has 0 radical (unpaired) electrons. The van der Waals surface area contributed by atoms with Crippen molar-refractivity contribution in [2.75, 3.05) is 11.4 Å². The van der Waals surface area contributed by atoms with Crippen molar-refractivity contribution in [3.63, 3.8) is 0 Å². The van der Waals surface area contributed by atoms with Crippen molar-refractivity contribution < 1.29 is 9.59 Å². The molecule has 2 heterocycles. The molecule has 120 valence electrons. The Morgan fingerprint density at radius 1 is 1.30 bits per heavy atom. The van der Waals surface area contributed by atoms with Gasteiger partial charge < -0.3 is 4.90 Å². The highest BCUT2D eigenvalue weighted by atomic mass is 79.9. The number of imide groups is 1. The fourth-order valence-corrected chi connectivity index (χ4v) is 4.04. The second kappa shape index (κ2) is 6.05. The van der Waals surface area contributed by atoms with Crippen molar-refractivity contribution in [3.8, 4) is 0 Å². The van der Waals surface area contributed by atoms with Crippen LogP contribution in [0, 0.1) is 13.8 Å². The van der Waals surface area contributed by atoms with Crippen molar-refractivity contribution >= 4 is 44.2 Å². The molecule has 0 bridgehead atoms. The lowest BCUT2D eigenvalue weighted by Crippen LogP contribution is -2.34. The van der Waals surface area contributed by atoms with Crippen LogP contribution in [0.2, 0.25) is 0 Å². The highest BCUT2D eigenvalue weighted by Gasteiger charge is 2.41. The Kier molecular flexibility index (Phi) is 4.25. The van der Waals surface area contributed by atoms with Gasteiger partial charge in [-0.15, -0.1) is 11.3 Å². The lowest BCUT2D eigenvalue weighted by atomic mass is 10.1. The minimum atomic E-state index is -0.283. The Balaban J connectivity index is 1.91. The van der Waals surface area contributed by atoms with E-state index < -0.39 is 0 Å². The van der Waals surface area contributed by atoms with Gasteiger partial charge in [0, 0.05) is 4.47 Å². The number of anilines is 1. The molecule has 1 aromatic carbocycles. The molecule has 1 aromatic heterocycles. The first-order valence-electron chi connectivity index (χ1n) is 7.21. The molecular weight excluding hydrogens is 378 g/mol. The summed E-state index contributed by atoms with van der Waals surface area (Å²) in [4.78, 5) is 32.3. The van der Waals surface area contributed by atoms with Crippen molar-refractivity contribution in [2.24, 2.45) is 0 Å². The number of hydrogen-bond donors (Lipinski definition) is 0. The van der Waals surface area contributed by atoms with E-state index in [0.29, 0.717) is 10.7 Å². The van der Waals surface area contributed by atoms with Crippen LogP contribution in [0.15, 0.2) is 28.7 Å². The van der Waals surface area contributed by atoms with E-state index in [-0.39, 0.29) is 24.5 Å². The Morgan fingerprint density at radius 3 is 2.65 bits per heavy atom. The summed E-state index contributed by atoms with van der Waals surface area (Å²) in [5.41, 5.74) is 1.70. The molecular formula is C16H16BrN3O2S. The third-order valence-corrected chi connectivity index (χ3v) is 5.42. The van der Waals surface area contributed by atoms with Gasteiger partial charge in [-0.25, -0.2) is 14.7 Å². The van der Waals surface area contributed by atoms with E-state index in [1.54, 1.807) is 4.90 Å².